The van der Waals surface area contributed by atoms with Gasteiger partial charge in [-0.1, -0.05) is 46.9 Å². The van der Waals surface area contributed by atoms with Gasteiger partial charge in [-0.25, -0.2) is 0 Å². The van der Waals surface area contributed by atoms with Crippen LogP contribution in [0.15, 0.2) is 42.0 Å². The summed E-state index contributed by atoms with van der Waals surface area (Å²) in [4.78, 5) is 23.1. The molecule has 0 atom stereocenters. The summed E-state index contributed by atoms with van der Waals surface area (Å²) in [6.07, 6.45) is 1.31. The number of rotatable bonds is 6. The number of amides is 2. The molecule has 0 heterocycles. The van der Waals surface area contributed by atoms with E-state index in [9.17, 15) is 14.9 Å². The predicted molar refractivity (Wildman–Crippen MR) is 105 cm³/mol. The van der Waals surface area contributed by atoms with Crippen molar-refractivity contribution in [3.63, 3.8) is 0 Å². The maximum absolute atomic E-state index is 12.3. The van der Waals surface area contributed by atoms with Crippen LogP contribution in [0.3, 0.4) is 0 Å². The Kier molecular flexibility index (Phi) is 7.08. The minimum absolute atomic E-state index is 0.0771. The van der Waals surface area contributed by atoms with E-state index in [0.717, 1.165) is 0 Å². The lowest BCUT2D eigenvalue weighted by molar-refractivity contribution is -0.120. The van der Waals surface area contributed by atoms with Crippen LogP contribution in [0.2, 0.25) is 15.1 Å². The molecule has 0 radical (unpaired) electrons. The molecule has 2 aromatic carbocycles. The molecule has 138 valence electrons. The van der Waals surface area contributed by atoms with E-state index >= 15 is 0 Å². The van der Waals surface area contributed by atoms with E-state index < -0.39 is 18.4 Å². The summed E-state index contributed by atoms with van der Waals surface area (Å²) >= 11 is 18.2. The van der Waals surface area contributed by atoms with Crippen LogP contribution in [-0.2, 0) is 9.59 Å². The Morgan fingerprint density at radius 1 is 1.15 bits per heavy atom. The van der Waals surface area contributed by atoms with Crippen LogP contribution < -0.4 is 15.8 Å². The summed E-state index contributed by atoms with van der Waals surface area (Å²) in [5.74, 6) is -1.26. The second-order valence-electron chi connectivity index (χ2n) is 5.17. The summed E-state index contributed by atoms with van der Waals surface area (Å²) in [6.45, 7) is -0.391. The van der Waals surface area contributed by atoms with Gasteiger partial charge in [-0.3, -0.25) is 9.59 Å². The molecular formula is C18H12Cl3N3O3. The van der Waals surface area contributed by atoms with Crippen LogP contribution in [0.4, 0.5) is 5.69 Å². The van der Waals surface area contributed by atoms with E-state index in [0.29, 0.717) is 16.3 Å². The quantitative estimate of drug-likeness (QED) is 0.539. The Morgan fingerprint density at radius 3 is 2.33 bits per heavy atom. The zero-order chi connectivity index (χ0) is 20.0. The summed E-state index contributed by atoms with van der Waals surface area (Å²) < 4.78 is 5.14. The number of nitrogens with two attached hydrogens (primary N) is 1. The lowest BCUT2D eigenvalue weighted by Crippen LogP contribution is -2.20. The zero-order valence-electron chi connectivity index (χ0n) is 13.6. The molecule has 0 spiro atoms. The number of halogens is 3. The molecule has 2 aromatic rings. The number of nitriles is 1. The van der Waals surface area contributed by atoms with Gasteiger partial charge < -0.3 is 15.8 Å². The maximum Gasteiger partial charge on any atom is 0.266 e. The van der Waals surface area contributed by atoms with Gasteiger partial charge in [0.2, 0.25) is 0 Å². The van der Waals surface area contributed by atoms with Crippen LogP contribution in [0.1, 0.15) is 5.56 Å². The number of carbonyl (C=O) groups excluding carboxylic acids is 2. The third-order valence-corrected chi connectivity index (χ3v) is 4.07. The second kappa shape index (κ2) is 9.28. The van der Waals surface area contributed by atoms with Crippen molar-refractivity contribution in [1.82, 2.24) is 0 Å². The van der Waals surface area contributed by atoms with E-state index in [4.69, 9.17) is 45.3 Å². The molecule has 0 aliphatic carbocycles. The Labute approximate surface area is 170 Å². The molecule has 2 rings (SSSR count). The monoisotopic (exact) mass is 423 g/mol. The number of anilines is 1. The minimum atomic E-state index is -0.686. The average molecular weight is 425 g/mol. The highest BCUT2D eigenvalue weighted by Crippen LogP contribution is 2.35. The Morgan fingerprint density at radius 2 is 1.78 bits per heavy atom. The minimum Gasteiger partial charge on any atom is -0.481 e. The first-order valence-electron chi connectivity index (χ1n) is 7.39. The molecule has 0 saturated carbocycles. The van der Waals surface area contributed by atoms with Gasteiger partial charge in [0.15, 0.2) is 12.4 Å². The fourth-order valence-corrected chi connectivity index (χ4v) is 2.81. The zero-order valence-corrected chi connectivity index (χ0v) is 15.9. The summed E-state index contributed by atoms with van der Waals surface area (Å²) in [5.41, 5.74) is 5.59. The van der Waals surface area contributed by atoms with Crippen molar-refractivity contribution in [3.8, 4) is 11.8 Å². The number of carbonyl (C=O) groups is 2. The summed E-state index contributed by atoms with van der Waals surface area (Å²) in [7, 11) is 0. The first-order valence-corrected chi connectivity index (χ1v) is 8.53. The number of ether oxygens (including phenoxy) is 1. The van der Waals surface area contributed by atoms with Crippen molar-refractivity contribution in [1.29, 1.82) is 5.26 Å². The van der Waals surface area contributed by atoms with Gasteiger partial charge in [-0.15, -0.1) is 0 Å². The van der Waals surface area contributed by atoms with Crippen molar-refractivity contribution < 1.29 is 14.3 Å². The average Bonchev–Trinajstić information content (AvgIpc) is 2.60. The van der Waals surface area contributed by atoms with Crippen LogP contribution in [0.5, 0.6) is 5.75 Å². The largest absolute Gasteiger partial charge is 0.481 e. The molecule has 0 unspecified atom stereocenters. The molecule has 0 aromatic heterocycles. The molecule has 3 N–H and O–H groups in total. The second-order valence-corrected chi connectivity index (χ2v) is 6.39. The topological polar surface area (TPSA) is 105 Å². The van der Waals surface area contributed by atoms with E-state index in [2.05, 4.69) is 5.32 Å². The molecule has 0 aliphatic heterocycles. The number of nitrogens with one attached hydrogen (secondary N) is 1. The lowest BCUT2D eigenvalue weighted by atomic mass is 10.1. The van der Waals surface area contributed by atoms with Crippen LogP contribution >= 0.6 is 34.8 Å². The van der Waals surface area contributed by atoms with Gasteiger partial charge in [0.05, 0.1) is 20.8 Å². The third-order valence-electron chi connectivity index (χ3n) is 3.18. The molecule has 0 fully saturated rings. The van der Waals surface area contributed by atoms with Crippen LogP contribution in [0, 0.1) is 11.3 Å². The first kappa shape index (κ1) is 20.6. The number of hydrogen-bond acceptors (Lipinski definition) is 4. The smallest absolute Gasteiger partial charge is 0.266 e. The van der Waals surface area contributed by atoms with Crippen molar-refractivity contribution in [3.05, 3.63) is 62.6 Å². The van der Waals surface area contributed by atoms with E-state index in [1.807, 2.05) is 6.07 Å². The van der Waals surface area contributed by atoms with Crippen LogP contribution in [0.25, 0.3) is 6.08 Å². The van der Waals surface area contributed by atoms with Crippen molar-refractivity contribution in [2.75, 3.05) is 11.9 Å². The molecule has 6 nitrogen and oxygen atoms in total. The van der Waals surface area contributed by atoms with E-state index in [1.165, 1.54) is 18.2 Å². The van der Waals surface area contributed by atoms with Gasteiger partial charge in [0.25, 0.3) is 11.8 Å². The van der Waals surface area contributed by atoms with Gasteiger partial charge in [0, 0.05) is 0 Å². The maximum atomic E-state index is 12.3. The molecular weight excluding hydrogens is 413 g/mol. The third kappa shape index (κ3) is 5.63. The van der Waals surface area contributed by atoms with E-state index in [1.54, 1.807) is 24.3 Å². The Hall–Kier alpha value is -2.72. The standard InChI is InChI=1S/C18H12Cl3N3O3/c19-12-3-1-2-4-15(12)24-18(26)11(8-22)5-10-6-13(20)17(14(21)7-10)27-9-16(23)25/h1-7H,9H2,(H2,23,25)(H,24,26)/b11-5+. The highest BCUT2D eigenvalue weighted by atomic mass is 35.5. The molecule has 9 heteroatoms. The highest BCUT2D eigenvalue weighted by Gasteiger charge is 2.14. The highest BCUT2D eigenvalue weighted by molar-refractivity contribution is 6.37. The summed E-state index contributed by atoms with van der Waals surface area (Å²) in [6, 6.07) is 11.3. The molecule has 2 amide bonds. The van der Waals surface area contributed by atoms with Crippen LogP contribution in [-0.4, -0.2) is 18.4 Å². The summed E-state index contributed by atoms with van der Waals surface area (Å²) in [5, 5.41) is 12.4. The van der Waals surface area contributed by atoms with Gasteiger partial charge in [0.1, 0.15) is 11.6 Å². The van der Waals surface area contributed by atoms with Crippen molar-refractivity contribution in [2.45, 2.75) is 0 Å². The number of hydrogen-bond donors (Lipinski definition) is 2. The lowest BCUT2D eigenvalue weighted by Gasteiger charge is -2.10. The van der Waals surface area contributed by atoms with Gasteiger partial charge in [-0.05, 0) is 35.9 Å². The number of primary amides is 1. The van der Waals surface area contributed by atoms with Gasteiger partial charge >= 0.3 is 0 Å². The Balaban J connectivity index is 2.27. The number of benzene rings is 2. The Bertz CT molecular complexity index is 945. The fraction of sp³-hybridized carbons (Fsp3) is 0.0556. The van der Waals surface area contributed by atoms with Crippen molar-refractivity contribution >= 4 is 58.4 Å². The predicted octanol–water partition coefficient (Wildman–Crippen LogP) is 4.06. The number of nitrogens with zero attached hydrogens (tertiary/aromatic N) is 1. The fourth-order valence-electron chi connectivity index (χ4n) is 2.01. The molecule has 0 saturated heterocycles. The van der Waals surface area contributed by atoms with Crippen molar-refractivity contribution in [2.24, 2.45) is 5.73 Å². The van der Waals surface area contributed by atoms with Gasteiger partial charge in [-0.2, -0.15) is 5.26 Å². The number of para-hydroxylation sites is 1. The normalized spacial score (nSPS) is 10.8. The van der Waals surface area contributed by atoms with E-state index in [-0.39, 0.29) is 21.4 Å². The molecule has 0 bridgehead atoms. The first-order chi connectivity index (χ1) is 12.8. The molecule has 27 heavy (non-hydrogen) atoms. The molecule has 0 aliphatic rings. The SMILES string of the molecule is N#C/C(=C\c1cc(Cl)c(OCC(N)=O)c(Cl)c1)C(=O)Nc1ccccc1Cl.